The van der Waals surface area contributed by atoms with E-state index in [0.29, 0.717) is 6.04 Å². The second kappa shape index (κ2) is 5.88. The van der Waals surface area contributed by atoms with Crippen LogP contribution in [0.2, 0.25) is 0 Å². The molecule has 0 aliphatic heterocycles. The smallest absolute Gasteiger partial charge is 0.0638 e. The molecule has 86 valence electrons. The van der Waals surface area contributed by atoms with Crippen LogP contribution in [0.25, 0.3) is 0 Å². The van der Waals surface area contributed by atoms with Crippen molar-refractivity contribution in [3.8, 4) is 0 Å². The van der Waals surface area contributed by atoms with Crippen molar-refractivity contribution in [2.24, 2.45) is 0 Å². The maximum Gasteiger partial charge on any atom is 0.0638 e. The summed E-state index contributed by atoms with van der Waals surface area (Å²) in [6.45, 7) is 7.85. The number of hydrogen-bond acceptors (Lipinski definition) is 3. The van der Waals surface area contributed by atoms with Gasteiger partial charge >= 0.3 is 0 Å². The molecule has 15 heavy (non-hydrogen) atoms. The molecule has 1 aromatic heterocycles. The van der Waals surface area contributed by atoms with E-state index < -0.39 is 0 Å². The summed E-state index contributed by atoms with van der Waals surface area (Å²) in [5, 5.41) is 10.6. The Morgan fingerprint density at radius 3 is 2.67 bits per heavy atom. The molecule has 1 unspecified atom stereocenters. The van der Waals surface area contributed by atoms with Gasteiger partial charge in [0.1, 0.15) is 0 Å². The maximum absolute atomic E-state index is 5.14. The molecule has 0 bridgehead atoms. The van der Waals surface area contributed by atoms with Crippen LogP contribution in [0.15, 0.2) is 0 Å². The highest BCUT2D eigenvalue weighted by molar-refractivity contribution is 5.22. The minimum absolute atomic E-state index is 0.420. The Morgan fingerprint density at radius 2 is 2.20 bits per heavy atom. The first-order valence-electron chi connectivity index (χ1n) is 5.41. The number of aryl methyl sites for hydroxylation is 2. The first-order chi connectivity index (χ1) is 7.19. The van der Waals surface area contributed by atoms with E-state index in [4.69, 9.17) is 4.74 Å². The number of H-pyrrole nitrogens is 1. The van der Waals surface area contributed by atoms with Crippen molar-refractivity contribution in [1.82, 2.24) is 15.5 Å². The van der Waals surface area contributed by atoms with Crippen molar-refractivity contribution in [2.45, 2.75) is 39.8 Å². The van der Waals surface area contributed by atoms with Crippen LogP contribution in [0.5, 0.6) is 0 Å². The second-order valence-electron chi connectivity index (χ2n) is 3.85. The fraction of sp³-hybridized carbons (Fsp3) is 0.727. The van der Waals surface area contributed by atoms with Gasteiger partial charge in [-0.05, 0) is 20.3 Å². The molecule has 2 N–H and O–H groups in total. The molecule has 4 nitrogen and oxygen atoms in total. The lowest BCUT2D eigenvalue weighted by Crippen LogP contribution is -2.32. The summed E-state index contributed by atoms with van der Waals surface area (Å²) >= 11 is 0. The first-order valence-corrected chi connectivity index (χ1v) is 5.41. The topological polar surface area (TPSA) is 49.9 Å². The Kier molecular flexibility index (Phi) is 4.78. The molecule has 0 amide bonds. The molecule has 0 aromatic carbocycles. The summed E-state index contributed by atoms with van der Waals surface area (Å²) in [5.74, 6) is 0. The Hall–Kier alpha value is -0.870. The van der Waals surface area contributed by atoms with Crippen molar-refractivity contribution < 1.29 is 4.74 Å². The van der Waals surface area contributed by atoms with E-state index in [1.807, 2.05) is 13.8 Å². The van der Waals surface area contributed by atoms with Gasteiger partial charge in [-0.1, -0.05) is 6.92 Å². The minimum atomic E-state index is 0.420. The molecule has 0 radical (unpaired) electrons. The molecule has 0 saturated heterocycles. The van der Waals surface area contributed by atoms with Crippen molar-refractivity contribution in [1.29, 1.82) is 0 Å². The molecule has 0 aliphatic rings. The van der Waals surface area contributed by atoms with Crippen LogP contribution in [-0.4, -0.2) is 30.0 Å². The van der Waals surface area contributed by atoms with Gasteiger partial charge in [-0.25, -0.2) is 0 Å². The number of rotatable bonds is 6. The van der Waals surface area contributed by atoms with Gasteiger partial charge in [-0.3, -0.25) is 5.10 Å². The van der Waals surface area contributed by atoms with Gasteiger partial charge in [0.2, 0.25) is 0 Å². The average Bonchev–Trinajstić information content (AvgIpc) is 2.54. The van der Waals surface area contributed by atoms with Gasteiger partial charge in [0.15, 0.2) is 0 Å². The van der Waals surface area contributed by atoms with Gasteiger partial charge in [0.05, 0.1) is 12.3 Å². The van der Waals surface area contributed by atoms with E-state index in [2.05, 4.69) is 22.4 Å². The van der Waals surface area contributed by atoms with E-state index in [-0.39, 0.29) is 0 Å². The Bertz CT molecular complexity index is 277. The lowest BCUT2D eigenvalue weighted by atomic mass is 10.1. The lowest BCUT2D eigenvalue weighted by molar-refractivity contribution is 0.163. The summed E-state index contributed by atoms with van der Waals surface area (Å²) < 4.78 is 5.14. The van der Waals surface area contributed by atoms with Crippen molar-refractivity contribution in [3.05, 3.63) is 17.0 Å². The van der Waals surface area contributed by atoms with Crippen LogP contribution >= 0.6 is 0 Å². The first kappa shape index (κ1) is 12.2. The second-order valence-corrected chi connectivity index (χ2v) is 3.85. The van der Waals surface area contributed by atoms with Crippen LogP contribution in [-0.2, 0) is 11.3 Å². The summed E-state index contributed by atoms with van der Waals surface area (Å²) in [7, 11) is 1.73. The van der Waals surface area contributed by atoms with Crippen LogP contribution in [0.4, 0.5) is 0 Å². The summed E-state index contributed by atoms with van der Waals surface area (Å²) in [4.78, 5) is 0. The highest BCUT2D eigenvalue weighted by Crippen LogP contribution is 2.09. The number of ether oxygens (including phenoxy) is 1. The van der Waals surface area contributed by atoms with Crippen LogP contribution < -0.4 is 5.32 Å². The molecular formula is C11H21N3O. The third-order valence-corrected chi connectivity index (χ3v) is 2.71. The monoisotopic (exact) mass is 211 g/mol. The standard InChI is InChI=1S/C11H21N3O/c1-5-10(7-15-4)12-6-11-8(2)13-14-9(11)3/h10,12H,5-7H2,1-4H3,(H,13,14). The molecule has 1 rings (SSSR count). The van der Waals surface area contributed by atoms with Crippen LogP contribution in [0, 0.1) is 13.8 Å². The zero-order valence-electron chi connectivity index (χ0n) is 10.1. The number of hydrogen-bond donors (Lipinski definition) is 2. The molecule has 0 aliphatic carbocycles. The molecule has 1 heterocycles. The third-order valence-electron chi connectivity index (χ3n) is 2.71. The SMILES string of the molecule is CCC(COC)NCc1c(C)n[nH]c1C. The lowest BCUT2D eigenvalue weighted by Gasteiger charge is -2.15. The molecule has 1 atom stereocenters. The molecule has 0 saturated carbocycles. The van der Waals surface area contributed by atoms with Crippen LogP contribution in [0.1, 0.15) is 30.3 Å². The fourth-order valence-corrected chi connectivity index (χ4v) is 1.60. The normalized spacial score (nSPS) is 13.1. The van der Waals surface area contributed by atoms with Gasteiger partial charge in [-0.2, -0.15) is 5.10 Å². The predicted molar refractivity (Wildman–Crippen MR) is 60.9 cm³/mol. The Morgan fingerprint density at radius 1 is 1.47 bits per heavy atom. The summed E-state index contributed by atoms with van der Waals surface area (Å²) in [5.41, 5.74) is 3.49. The summed E-state index contributed by atoms with van der Waals surface area (Å²) in [6.07, 6.45) is 1.07. The predicted octanol–water partition coefficient (Wildman–Crippen LogP) is 1.54. The van der Waals surface area contributed by atoms with Crippen LogP contribution in [0.3, 0.4) is 0 Å². The Labute approximate surface area is 91.4 Å². The summed E-state index contributed by atoms with van der Waals surface area (Å²) in [6, 6.07) is 0.420. The van der Waals surface area contributed by atoms with E-state index in [9.17, 15) is 0 Å². The van der Waals surface area contributed by atoms with Crippen molar-refractivity contribution in [3.63, 3.8) is 0 Å². The largest absolute Gasteiger partial charge is 0.383 e. The number of methoxy groups -OCH3 is 1. The zero-order chi connectivity index (χ0) is 11.3. The van der Waals surface area contributed by atoms with Gasteiger partial charge in [0.25, 0.3) is 0 Å². The number of aromatic amines is 1. The van der Waals surface area contributed by atoms with Gasteiger partial charge < -0.3 is 10.1 Å². The highest BCUT2D eigenvalue weighted by atomic mass is 16.5. The van der Waals surface area contributed by atoms with Crippen molar-refractivity contribution in [2.75, 3.05) is 13.7 Å². The van der Waals surface area contributed by atoms with Crippen molar-refractivity contribution >= 4 is 0 Å². The van der Waals surface area contributed by atoms with E-state index in [0.717, 1.165) is 31.0 Å². The average molecular weight is 211 g/mol. The molecular weight excluding hydrogens is 190 g/mol. The Balaban J connectivity index is 2.48. The van der Waals surface area contributed by atoms with Gasteiger partial charge in [-0.15, -0.1) is 0 Å². The van der Waals surface area contributed by atoms with Gasteiger partial charge in [0, 0.05) is 31.0 Å². The minimum Gasteiger partial charge on any atom is -0.383 e. The van der Waals surface area contributed by atoms with E-state index in [1.165, 1.54) is 5.56 Å². The molecule has 0 spiro atoms. The maximum atomic E-state index is 5.14. The quantitative estimate of drug-likeness (QED) is 0.750. The fourth-order valence-electron chi connectivity index (χ4n) is 1.60. The van der Waals surface area contributed by atoms with E-state index in [1.54, 1.807) is 7.11 Å². The highest BCUT2D eigenvalue weighted by Gasteiger charge is 2.09. The number of aromatic nitrogens is 2. The number of nitrogens with one attached hydrogen (secondary N) is 2. The zero-order valence-corrected chi connectivity index (χ0v) is 10.1. The molecule has 4 heteroatoms. The molecule has 1 aromatic rings. The molecule has 0 fully saturated rings. The number of nitrogens with zero attached hydrogens (tertiary/aromatic N) is 1. The van der Waals surface area contributed by atoms with E-state index >= 15 is 0 Å². The third kappa shape index (κ3) is 3.32.